The number of likely N-dealkylation sites (tertiary alicyclic amines) is 1. The van der Waals surface area contributed by atoms with Crippen LogP contribution in [0.1, 0.15) is 30.3 Å². The maximum absolute atomic E-state index is 13.9. The molecule has 0 radical (unpaired) electrons. The summed E-state index contributed by atoms with van der Waals surface area (Å²) in [4.78, 5) is 21.2. The molecule has 0 saturated carbocycles. The zero-order valence-corrected chi connectivity index (χ0v) is 14.5. The monoisotopic (exact) mass is 329 g/mol. The molecule has 1 aliphatic rings. The second kappa shape index (κ2) is 6.85. The molecular formula is C19H24FN3O. The first-order chi connectivity index (χ1) is 11.5. The van der Waals surface area contributed by atoms with Gasteiger partial charge in [0, 0.05) is 24.5 Å². The van der Waals surface area contributed by atoms with Crippen LogP contribution in [-0.4, -0.2) is 53.9 Å². The van der Waals surface area contributed by atoms with Crippen LogP contribution in [0.4, 0.5) is 4.39 Å². The Morgan fingerprint density at radius 1 is 1.29 bits per heavy atom. The molecule has 0 bridgehead atoms. The van der Waals surface area contributed by atoms with Gasteiger partial charge in [0.05, 0.1) is 0 Å². The van der Waals surface area contributed by atoms with Crippen molar-refractivity contribution in [3.63, 3.8) is 0 Å². The number of para-hydroxylation sites is 1. The van der Waals surface area contributed by atoms with Crippen LogP contribution < -0.4 is 0 Å². The third-order valence-corrected chi connectivity index (χ3v) is 4.91. The molecule has 5 heteroatoms. The van der Waals surface area contributed by atoms with E-state index in [1.807, 2.05) is 4.90 Å². The predicted octanol–water partition coefficient (Wildman–Crippen LogP) is 3.18. The molecule has 3 rings (SSSR count). The van der Waals surface area contributed by atoms with Crippen LogP contribution in [0.25, 0.3) is 10.9 Å². The van der Waals surface area contributed by atoms with E-state index in [-0.39, 0.29) is 11.4 Å². The first-order valence-electron chi connectivity index (χ1n) is 8.52. The molecule has 1 fully saturated rings. The largest absolute Gasteiger partial charge is 0.335 e. The smallest absolute Gasteiger partial charge is 0.272 e. The fourth-order valence-corrected chi connectivity index (χ4v) is 3.65. The summed E-state index contributed by atoms with van der Waals surface area (Å²) >= 11 is 0. The van der Waals surface area contributed by atoms with E-state index < -0.39 is 5.82 Å². The lowest BCUT2D eigenvalue weighted by atomic mass is 9.98. The number of halogens is 1. The molecule has 0 unspecified atom stereocenters. The number of pyridine rings is 1. The van der Waals surface area contributed by atoms with Gasteiger partial charge in [0.15, 0.2) is 0 Å². The number of fused-ring (bicyclic) bond motifs is 1. The van der Waals surface area contributed by atoms with Gasteiger partial charge >= 0.3 is 0 Å². The van der Waals surface area contributed by atoms with Crippen molar-refractivity contribution in [2.45, 2.75) is 25.8 Å². The Morgan fingerprint density at radius 2 is 2.08 bits per heavy atom. The lowest BCUT2D eigenvalue weighted by molar-refractivity contribution is 0.0775. The molecule has 1 amide bonds. The normalized spacial score (nSPS) is 21.0. The van der Waals surface area contributed by atoms with E-state index in [0.29, 0.717) is 29.6 Å². The van der Waals surface area contributed by atoms with Crippen molar-refractivity contribution in [2.24, 2.45) is 5.92 Å². The number of benzene rings is 1. The summed E-state index contributed by atoms with van der Waals surface area (Å²) in [6.45, 7) is 3.62. The number of hydrogen-bond acceptors (Lipinski definition) is 3. The SMILES string of the molecule is CCC[C@@H]1CN(C(=O)c2ccc3cccc(F)c3n2)C[C@H]1N(C)C. The van der Waals surface area contributed by atoms with Crippen molar-refractivity contribution in [1.82, 2.24) is 14.8 Å². The molecule has 2 atom stereocenters. The van der Waals surface area contributed by atoms with E-state index in [1.165, 1.54) is 6.07 Å². The van der Waals surface area contributed by atoms with Gasteiger partial charge in [0.1, 0.15) is 17.0 Å². The lowest BCUT2D eigenvalue weighted by Gasteiger charge is -2.24. The standard InChI is InChI=1S/C19H24FN3O/c1-4-6-14-11-23(12-17(14)22(2)3)19(24)16-10-9-13-7-5-8-15(20)18(13)21-16/h5,7-10,14,17H,4,6,11-12H2,1-3H3/t14-,17-/m1/s1. The van der Waals surface area contributed by atoms with Gasteiger partial charge in [-0.2, -0.15) is 0 Å². The Bertz CT molecular complexity index is 746. The Morgan fingerprint density at radius 3 is 2.79 bits per heavy atom. The second-order valence-corrected chi connectivity index (χ2v) is 6.80. The topological polar surface area (TPSA) is 36.4 Å². The summed E-state index contributed by atoms with van der Waals surface area (Å²) in [5, 5.41) is 0.711. The van der Waals surface area contributed by atoms with Gasteiger partial charge < -0.3 is 9.80 Å². The Kier molecular flexibility index (Phi) is 4.81. The van der Waals surface area contributed by atoms with Crippen molar-refractivity contribution in [1.29, 1.82) is 0 Å². The molecule has 1 saturated heterocycles. The number of hydrogen-bond donors (Lipinski definition) is 0. The highest BCUT2D eigenvalue weighted by Gasteiger charge is 2.36. The highest BCUT2D eigenvalue weighted by molar-refractivity contribution is 5.95. The Balaban J connectivity index is 1.85. The summed E-state index contributed by atoms with van der Waals surface area (Å²) in [7, 11) is 4.12. The fourth-order valence-electron chi connectivity index (χ4n) is 3.65. The third-order valence-electron chi connectivity index (χ3n) is 4.91. The summed E-state index contributed by atoms with van der Waals surface area (Å²) in [6, 6.07) is 8.65. The van der Waals surface area contributed by atoms with Crippen LogP contribution in [0.5, 0.6) is 0 Å². The first-order valence-corrected chi connectivity index (χ1v) is 8.52. The number of nitrogens with zero attached hydrogens (tertiary/aromatic N) is 3. The highest BCUT2D eigenvalue weighted by atomic mass is 19.1. The average molecular weight is 329 g/mol. The van der Waals surface area contributed by atoms with Crippen molar-refractivity contribution in [2.75, 3.05) is 27.2 Å². The van der Waals surface area contributed by atoms with E-state index in [4.69, 9.17) is 0 Å². The van der Waals surface area contributed by atoms with Gasteiger partial charge in [-0.1, -0.05) is 31.5 Å². The van der Waals surface area contributed by atoms with Gasteiger partial charge in [0.2, 0.25) is 0 Å². The van der Waals surface area contributed by atoms with Crippen molar-refractivity contribution in [3.05, 3.63) is 41.8 Å². The third kappa shape index (κ3) is 3.13. The summed E-state index contributed by atoms with van der Waals surface area (Å²) < 4.78 is 13.9. The van der Waals surface area contributed by atoms with Crippen LogP contribution in [0.3, 0.4) is 0 Å². The van der Waals surface area contributed by atoms with Crippen LogP contribution in [0, 0.1) is 11.7 Å². The van der Waals surface area contributed by atoms with Crippen molar-refractivity contribution in [3.8, 4) is 0 Å². The zero-order valence-electron chi connectivity index (χ0n) is 14.5. The molecule has 0 aliphatic carbocycles. The van der Waals surface area contributed by atoms with Gasteiger partial charge in [-0.3, -0.25) is 4.79 Å². The maximum atomic E-state index is 13.9. The predicted molar refractivity (Wildman–Crippen MR) is 93.5 cm³/mol. The molecule has 24 heavy (non-hydrogen) atoms. The Hall–Kier alpha value is -2.01. The molecule has 1 aromatic carbocycles. The minimum Gasteiger partial charge on any atom is -0.335 e. The van der Waals surface area contributed by atoms with E-state index in [1.54, 1.807) is 24.3 Å². The lowest BCUT2D eigenvalue weighted by Crippen LogP contribution is -2.36. The molecule has 1 aromatic heterocycles. The zero-order chi connectivity index (χ0) is 17.3. The molecule has 128 valence electrons. The minimum atomic E-state index is -0.390. The maximum Gasteiger partial charge on any atom is 0.272 e. The first kappa shape index (κ1) is 16.8. The molecule has 0 spiro atoms. The Labute approximate surface area is 142 Å². The number of carbonyl (C=O) groups excluding carboxylic acids is 1. The molecule has 0 N–H and O–H groups in total. The van der Waals surface area contributed by atoms with Crippen LogP contribution in [-0.2, 0) is 0 Å². The highest BCUT2D eigenvalue weighted by Crippen LogP contribution is 2.26. The van der Waals surface area contributed by atoms with Crippen molar-refractivity contribution < 1.29 is 9.18 Å². The minimum absolute atomic E-state index is 0.106. The molecule has 2 heterocycles. The molecular weight excluding hydrogens is 305 g/mol. The van der Waals surface area contributed by atoms with Gasteiger partial charge in [0.25, 0.3) is 5.91 Å². The number of aromatic nitrogens is 1. The summed E-state index contributed by atoms with van der Waals surface area (Å²) in [5.41, 5.74) is 0.582. The number of carbonyl (C=O) groups is 1. The summed E-state index contributed by atoms with van der Waals surface area (Å²) in [6.07, 6.45) is 2.21. The number of amides is 1. The number of likely N-dealkylation sites (N-methyl/N-ethyl adjacent to an activating group) is 1. The average Bonchev–Trinajstić information content (AvgIpc) is 2.99. The molecule has 4 nitrogen and oxygen atoms in total. The van der Waals surface area contributed by atoms with E-state index in [9.17, 15) is 9.18 Å². The van der Waals surface area contributed by atoms with Crippen LogP contribution in [0.15, 0.2) is 30.3 Å². The van der Waals surface area contributed by atoms with E-state index in [2.05, 4.69) is 30.9 Å². The van der Waals surface area contributed by atoms with E-state index >= 15 is 0 Å². The van der Waals surface area contributed by atoms with Crippen LogP contribution in [0.2, 0.25) is 0 Å². The molecule has 2 aromatic rings. The number of rotatable bonds is 4. The van der Waals surface area contributed by atoms with E-state index in [0.717, 1.165) is 19.4 Å². The van der Waals surface area contributed by atoms with Gasteiger partial charge in [-0.15, -0.1) is 0 Å². The molecule has 1 aliphatic heterocycles. The van der Waals surface area contributed by atoms with Crippen molar-refractivity contribution >= 4 is 16.8 Å². The van der Waals surface area contributed by atoms with Gasteiger partial charge in [-0.05, 0) is 38.6 Å². The van der Waals surface area contributed by atoms with Crippen LogP contribution >= 0.6 is 0 Å². The second-order valence-electron chi connectivity index (χ2n) is 6.80. The van der Waals surface area contributed by atoms with Gasteiger partial charge in [-0.25, -0.2) is 9.37 Å². The summed E-state index contributed by atoms with van der Waals surface area (Å²) in [5.74, 6) is -0.0182. The fraction of sp³-hybridized carbons (Fsp3) is 0.474. The quantitative estimate of drug-likeness (QED) is 0.864.